The molecule has 3 aromatic carbocycles. The summed E-state index contributed by atoms with van der Waals surface area (Å²) in [4.78, 5) is 30.9. The molecular formula is C31H29ClN2O5. The number of Topliss-reactive ketones (excluding diaryl/α,β-unsaturated/α-hetero) is 1. The van der Waals surface area contributed by atoms with Crippen molar-refractivity contribution in [3.63, 3.8) is 0 Å². The van der Waals surface area contributed by atoms with Gasteiger partial charge in [-0.3, -0.25) is 14.5 Å². The molecular weight excluding hydrogens is 516 g/mol. The van der Waals surface area contributed by atoms with Crippen LogP contribution < -0.4 is 14.5 Å². The summed E-state index contributed by atoms with van der Waals surface area (Å²) in [6.45, 7) is 4.19. The average molecular weight is 545 g/mol. The minimum Gasteiger partial charge on any atom is -0.503 e. The number of aliphatic hydroxyl groups excluding tert-OH is 1. The van der Waals surface area contributed by atoms with Crippen molar-refractivity contribution in [1.82, 2.24) is 0 Å². The number of benzene rings is 3. The maximum Gasteiger partial charge on any atom is 0.294 e. The molecule has 7 nitrogen and oxygen atoms in total. The van der Waals surface area contributed by atoms with E-state index >= 15 is 0 Å². The Morgan fingerprint density at radius 3 is 2.31 bits per heavy atom. The van der Waals surface area contributed by atoms with Crippen molar-refractivity contribution in [3.8, 4) is 5.75 Å². The van der Waals surface area contributed by atoms with Gasteiger partial charge in [-0.2, -0.15) is 0 Å². The van der Waals surface area contributed by atoms with Crippen LogP contribution in [0, 0.1) is 0 Å². The number of hydrogen-bond acceptors (Lipinski definition) is 6. The largest absolute Gasteiger partial charge is 0.503 e. The van der Waals surface area contributed by atoms with Crippen LogP contribution >= 0.6 is 11.6 Å². The van der Waals surface area contributed by atoms with Crippen molar-refractivity contribution in [3.05, 3.63) is 100.0 Å². The zero-order valence-electron chi connectivity index (χ0n) is 22.4. The summed E-state index contributed by atoms with van der Waals surface area (Å²) in [5, 5.41) is 12.1. The highest BCUT2D eigenvalue weighted by Crippen LogP contribution is 2.43. The molecule has 0 saturated heterocycles. The lowest BCUT2D eigenvalue weighted by atomic mass is 9.92. The van der Waals surface area contributed by atoms with Gasteiger partial charge in [0.1, 0.15) is 0 Å². The molecule has 0 saturated carbocycles. The summed E-state index contributed by atoms with van der Waals surface area (Å²) < 4.78 is 11.3. The smallest absolute Gasteiger partial charge is 0.294 e. The first-order chi connectivity index (χ1) is 18.6. The number of ketones is 1. The van der Waals surface area contributed by atoms with Crippen LogP contribution in [0.4, 0.5) is 11.4 Å². The molecule has 1 aliphatic rings. The van der Waals surface area contributed by atoms with E-state index in [0.717, 1.165) is 11.3 Å². The third-order valence-corrected chi connectivity index (χ3v) is 7.22. The van der Waals surface area contributed by atoms with Crippen molar-refractivity contribution < 1.29 is 23.8 Å². The van der Waals surface area contributed by atoms with E-state index in [1.165, 1.54) is 12.0 Å². The fourth-order valence-electron chi connectivity index (χ4n) is 4.88. The highest BCUT2D eigenvalue weighted by molar-refractivity contribution is 6.31. The van der Waals surface area contributed by atoms with Gasteiger partial charge in [0.2, 0.25) is 5.78 Å². The molecule has 0 fully saturated rings. The lowest BCUT2D eigenvalue weighted by Gasteiger charge is -2.27. The Balaban J connectivity index is 1.64. The second-order valence-corrected chi connectivity index (χ2v) is 10.5. The number of fused-ring (bicyclic) bond motifs is 1. The average Bonchev–Trinajstić information content (AvgIpc) is 3.46. The highest BCUT2D eigenvalue weighted by atomic mass is 35.5. The first kappa shape index (κ1) is 26.4. The van der Waals surface area contributed by atoms with Gasteiger partial charge in [-0.15, -0.1) is 0 Å². The lowest BCUT2D eigenvalue weighted by Crippen LogP contribution is -2.31. The molecule has 39 heavy (non-hydrogen) atoms. The maximum atomic E-state index is 14.0. The number of hydrogen-bond donors (Lipinski definition) is 1. The highest BCUT2D eigenvalue weighted by Gasteiger charge is 2.45. The molecule has 5 rings (SSSR count). The SMILES string of the molecule is COc1cc(Cl)cc2cc(C(=O)C3=C(O)C(=O)N(c4ccc(N(C)C)cc4)C3c3ccc(C(C)C)cc3)oc12. The number of carbonyl (C=O) groups excluding carboxylic acids is 2. The van der Waals surface area contributed by atoms with Crippen LogP contribution in [0.25, 0.3) is 11.0 Å². The summed E-state index contributed by atoms with van der Waals surface area (Å²) in [5.41, 5.74) is 3.60. The Hall–Kier alpha value is -4.23. The van der Waals surface area contributed by atoms with E-state index < -0.39 is 23.5 Å². The van der Waals surface area contributed by atoms with Crippen LogP contribution in [0.5, 0.6) is 5.75 Å². The molecule has 1 N–H and O–H groups in total. The Morgan fingerprint density at radius 1 is 1.05 bits per heavy atom. The first-order valence-electron chi connectivity index (χ1n) is 12.6. The zero-order valence-corrected chi connectivity index (χ0v) is 23.1. The number of aliphatic hydroxyl groups is 1. The van der Waals surface area contributed by atoms with Gasteiger partial charge in [0.15, 0.2) is 22.9 Å². The molecule has 1 atom stereocenters. The summed E-state index contributed by atoms with van der Waals surface area (Å²) >= 11 is 6.21. The van der Waals surface area contributed by atoms with Crippen LogP contribution in [0.15, 0.2) is 82.5 Å². The van der Waals surface area contributed by atoms with Crippen LogP contribution in [0.2, 0.25) is 5.02 Å². The number of carbonyl (C=O) groups is 2. The number of methoxy groups -OCH3 is 1. The van der Waals surface area contributed by atoms with E-state index in [9.17, 15) is 14.7 Å². The van der Waals surface area contributed by atoms with Crippen LogP contribution in [0.1, 0.15) is 47.5 Å². The maximum absolute atomic E-state index is 14.0. The summed E-state index contributed by atoms with van der Waals surface area (Å²) in [6.07, 6.45) is 0. The van der Waals surface area contributed by atoms with Gasteiger partial charge >= 0.3 is 0 Å². The Morgan fingerprint density at radius 2 is 1.72 bits per heavy atom. The number of rotatable bonds is 7. The van der Waals surface area contributed by atoms with Gasteiger partial charge in [-0.05, 0) is 53.4 Å². The molecule has 0 bridgehead atoms. The number of ether oxygens (including phenoxy) is 1. The van der Waals surface area contributed by atoms with Crippen molar-refractivity contribution in [2.24, 2.45) is 0 Å². The number of anilines is 2. The fraction of sp³-hybridized carbons (Fsp3) is 0.226. The van der Waals surface area contributed by atoms with E-state index in [1.54, 1.807) is 30.3 Å². The van der Waals surface area contributed by atoms with Crippen LogP contribution in [0.3, 0.4) is 0 Å². The molecule has 1 unspecified atom stereocenters. The Kier molecular flexibility index (Phi) is 6.87. The van der Waals surface area contributed by atoms with Crippen molar-refractivity contribution in [2.75, 3.05) is 31.0 Å². The van der Waals surface area contributed by atoms with Gasteiger partial charge in [0.25, 0.3) is 5.91 Å². The molecule has 1 aromatic heterocycles. The molecule has 1 amide bonds. The molecule has 0 radical (unpaired) electrons. The van der Waals surface area contributed by atoms with Crippen molar-refractivity contribution in [1.29, 1.82) is 0 Å². The Labute approximate surface area is 231 Å². The van der Waals surface area contributed by atoms with Gasteiger partial charge in [0, 0.05) is 41.9 Å². The first-order valence-corrected chi connectivity index (χ1v) is 12.9. The third-order valence-electron chi connectivity index (χ3n) is 7.01. The molecule has 0 spiro atoms. The van der Waals surface area contributed by atoms with Gasteiger partial charge in [0.05, 0.1) is 18.7 Å². The van der Waals surface area contributed by atoms with Gasteiger partial charge in [-0.1, -0.05) is 49.7 Å². The Bertz CT molecular complexity index is 1600. The van der Waals surface area contributed by atoms with E-state index in [0.29, 0.717) is 38.9 Å². The fourth-order valence-corrected chi connectivity index (χ4v) is 5.09. The predicted molar refractivity (Wildman–Crippen MR) is 153 cm³/mol. The van der Waals surface area contributed by atoms with Gasteiger partial charge in [-0.25, -0.2) is 0 Å². The minimum atomic E-state index is -0.866. The monoisotopic (exact) mass is 544 g/mol. The second kappa shape index (κ2) is 10.2. The normalized spacial score (nSPS) is 15.5. The van der Waals surface area contributed by atoms with Gasteiger partial charge < -0.3 is 19.2 Å². The second-order valence-electron chi connectivity index (χ2n) is 10.0. The molecule has 1 aliphatic heterocycles. The summed E-state index contributed by atoms with van der Waals surface area (Å²) in [5.74, 6) is -1.22. The molecule has 2 heterocycles. The quantitative estimate of drug-likeness (QED) is 0.251. The molecule has 0 aliphatic carbocycles. The van der Waals surface area contributed by atoms with E-state index in [2.05, 4.69) is 13.8 Å². The number of nitrogens with zero attached hydrogens (tertiary/aromatic N) is 2. The standard InChI is InChI=1S/C31H29ClN2O5/c1-17(2)18-6-8-19(9-7-18)27-26(28(35)24-15-20-14-21(32)16-25(38-5)30(20)39-24)29(36)31(37)34(27)23-12-10-22(11-13-23)33(3)4/h6-17,27,36H,1-5H3. The number of amides is 1. The zero-order chi connectivity index (χ0) is 28.0. The van der Waals surface area contributed by atoms with Crippen LogP contribution in [-0.2, 0) is 4.79 Å². The van der Waals surface area contributed by atoms with E-state index in [4.69, 9.17) is 20.8 Å². The van der Waals surface area contributed by atoms with Crippen molar-refractivity contribution in [2.45, 2.75) is 25.8 Å². The summed E-state index contributed by atoms with van der Waals surface area (Å²) in [7, 11) is 5.33. The molecule has 200 valence electrons. The third kappa shape index (κ3) is 4.63. The number of furan rings is 1. The summed E-state index contributed by atoms with van der Waals surface area (Å²) in [6, 6.07) is 19.0. The molecule has 8 heteroatoms. The van der Waals surface area contributed by atoms with E-state index in [-0.39, 0.29) is 11.3 Å². The topological polar surface area (TPSA) is 83.2 Å². The van der Waals surface area contributed by atoms with Crippen molar-refractivity contribution >= 4 is 45.6 Å². The number of halogens is 1. The van der Waals surface area contributed by atoms with E-state index in [1.807, 2.05) is 55.4 Å². The minimum absolute atomic E-state index is 0.0338. The van der Waals surface area contributed by atoms with Crippen LogP contribution in [-0.4, -0.2) is 38.0 Å². The lowest BCUT2D eigenvalue weighted by molar-refractivity contribution is -0.117. The predicted octanol–water partition coefficient (Wildman–Crippen LogP) is 7.07. The molecule has 4 aromatic rings.